The molecule has 8 heteroatoms. The monoisotopic (exact) mass is 480 g/mol. The molecule has 3 amide bonds. The van der Waals surface area contributed by atoms with E-state index in [4.69, 9.17) is 9.15 Å². The summed E-state index contributed by atoms with van der Waals surface area (Å²) >= 11 is 0. The number of carbonyl (C=O) groups is 4. The minimum Gasteiger partial charge on any atom is -0.467 e. The summed E-state index contributed by atoms with van der Waals surface area (Å²) < 4.78 is 10.6. The number of amides is 3. The quantitative estimate of drug-likeness (QED) is 0.304. The standard InChI is InChI=1S/C28H20N2O6/c31-25(29-21-5-2-1-3-6-21)19-10-8-18(9-11-19)17-36-28(34)20-12-13-23-24(15-20)27(33)30(26(23)32)16-22-7-4-14-35-22/h1-15H,16-17H2,(H,29,31). The molecule has 0 atom stereocenters. The number of para-hydroxylation sites is 1. The molecule has 0 radical (unpaired) electrons. The lowest BCUT2D eigenvalue weighted by Crippen LogP contribution is -2.28. The maximum absolute atomic E-state index is 12.8. The number of nitrogens with one attached hydrogen (secondary N) is 1. The van der Waals surface area contributed by atoms with E-state index in [1.807, 2.05) is 18.2 Å². The Balaban J connectivity index is 1.20. The molecule has 0 fully saturated rings. The highest BCUT2D eigenvalue weighted by Crippen LogP contribution is 2.26. The number of rotatable bonds is 7. The number of benzene rings is 3. The first-order chi connectivity index (χ1) is 17.5. The third-order valence-corrected chi connectivity index (χ3v) is 5.72. The molecule has 2 heterocycles. The molecule has 0 spiro atoms. The normalized spacial score (nSPS) is 12.4. The predicted molar refractivity (Wildman–Crippen MR) is 129 cm³/mol. The molecular weight excluding hydrogens is 460 g/mol. The molecule has 1 N–H and O–H groups in total. The minimum absolute atomic E-state index is 0.0124. The Morgan fingerprint density at radius 2 is 1.53 bits per heavy atom. The van der Waals surface area contributed by atoms with Crippen LogP contribution >= 0.6 is 0 Å². The van der Waals surface area contributed by atoms with Crippen molar-refractivity contribution in [3.05, 3.63) is 125 Å². The Hall–Kier alpha value is -4.98. The molecule has 1 aliphatic heterocycles. The van der Waals surface area contributed by atoms with Crippen LogP contribution in [0.1, 0.15) is 52.8 Å². The zero-order valence-electron chi connectivity index (χ0n) is 19.0. The van der Waals surface area contributed by atoms with E-state index in [1.165, 1.54) is 24.5 Å². The minimum atomic E-state index is -0.631. The van der Waals surface area contributed by atoms with Crippen molar-refractivity contribution in [2.45, 2.75) is 13.2 Å². The van der Waals surface area contributed by atoms with Crippen LogP contribution in [0.4, 0.5) is 5.69 Å². The Morgan fingerprint density at radius 3 is 2.25 bits per heavy atom. The van der Waals surface area contributed by atoms with Gasteiger partial charge < -0.3 is 14.5 Å². The van der Waals surface area contributed by atoms with E-state index in [0.717, 1.165) is 4.90 Å². The maximum Gasteiger partial charge on any atom is 0.338 e. The van der Waals surface area contributed by atoms with E-state index >= 15 is 0 Å². The number of ether oxygens (including phenoxy) is 1. The van der Waals surface area contributed by atoms with Crippen LogP contribution in [0.5, 0.6) is 0 Å². The Labute approximate surface area is 206 Å². The third kappa shape index (κ3) is 4.65. The summed E-state index contributed by atoms with van der Waals surface area (Å²) in [7, 11) is 0. The van der Waals surface area contributed by atoms with Crippen LogP contribution in [-0.2, 0) is 17.9 Å². The van der Waals surface area contributed by atoms with Gasteiger partial charge in [0.05, 0.1) is 29.5 Å². The van der Waals surface area contributed by atoms with Gasteiger partial charge >= 0.3 is 5.97 Å². The number of hydrogen-bond donors (Lipinski definition) is 1. The first kappa shape index (κ1) is 22.8. The Bertz CT molecular complexity index is 1440. The van der Waals surface area contributed by atoms with Gasteiger partial charge in [0.2, 0.25) is 0 Å². The van der Waals surface area contributed by atoms with Gasteiger partial charge in [-0.15, -0.1) is 0 Å². The van der Waals surface area contributed by atoms with Gasteiger partial charge in [0.1, 0.15) is 12.4 Å². The van der Waals surface area contributed by atoms with Crippen molar-refractivity contribution in [1.82, 2.24) is 4.90 Å². The van der Waals surface area contributed by atoms with Crippen molar-refractivity contribution in [3.8, 4) is 0 Å². The molecule has 0 saturated carbocycles. The Morgan fingerprint density at radius 1 is 0.806 bits per heavy atom. The van der Waals surface area contributed by atoms with Crippen molar-refractivity contribution >= 4 is 29.4 Å². The van der Waals surface area contributed by atoms with E-state index in [0.29, 0.717) is 22.6 Å². The largest absolute Gasteiger partial charge is 0.467 e. The molecule has 5 rings (SSSR count). The average molecular weight is 480 g/mol. The van der Waals surface area contributed by atoms with Gasteiger partial charge in [-0.2, -0.15) is 0 Å². The SMILES string of the molecule is O=C(Nc1ccccc1)c1ccc(COC(=O)c2ccc3c(c2)C(=O)N(Cc2ccco2)C3=O)cc1. The number of carbonyl (C=O) groups excluding carboxylic acids is 4. The zero-order chi connectivity index (χ0) is 25.1. The molecule has 1 aliphatic rings. The predicted octanol–water partition coefficient (Wildman–Crippen LogP) is 4.69. The van der Waals surface area contributed by atoms with Crippen LogP contribution in [0.2, 0.25) is 0 Å². The number of nitrogens with zero attached hydrogens (tertiary/aromatic N) is 1. The summed E-state index contributed by atoms with van der Waals surface area (Å²) in [5, 5.41) is 2.81. The number of hydrogen-bond acceptors (Lipinski definition) is 6. The molecule has 0 aliphatic carbocycles. The summed E-state index contributed by atoms with van der Waals surface area (Å²) in [6.07, 6.45) is 1.47. The van der Waals surface area contributed by atoms with Gasteiger partial charge in [-0.3, -0.25) is 19.3 Å². The summed E-state index contributed by atoms with van der Waals surface area (Å²) in [5.74, 6) is -1.34. The summed E-state index contributed by atoms with van der Waals surface area (Å²) in [4.78, 5) is 51.5. The highest BCUT2D eigenvalue weighted by molar-refractivity contribution is 6.21. The number of esters is 1. The van der Waals surface area contributed by atoms with Gasteiger partial charge in [-0.1, -0.05) is 30.3 Å². The van der Waals surface area contributed by atoms with Crippen LogP contribution in [0.25, 0.3) is 0 Å². The molecule has 178 valence electrons. The fourth-order valence-electron chi connectivity index (χ4n) is 3.83. The molecule has 8 nitrogen and oxygen atoms in total. The van der Waals surface area contributed by atoms with Gasteiger partial charge in [-0.05, 0) is 60.2 Å². The summed E-state index contributed by atoms with van der Waals surface area (Å²) in [5.41, 5.74) is 2.39. The lowest BCUT2D eigenvalue weighted by atomic mass is 10.1. The molecule has 1 aromatic heterocycles. The second-order valence-electron chi connectivity index (χ2n) is 8.13. The van der Waals surface area contributed by atoms with Crippen molar-refractivity contribution in [2.24, 2.45) is 0 Å². The number of imide groups is 1. The second-order valence-corrected chi connectivity index (χ2v) is 8.13. The number of anilines is 1. The summed E-state index contributed by atoms with van der Waals surface area (Å²) in [6, 6.07) is 23.4. The van der Waals surface area contributed by atoms with Crippen LogP contribution in [0.15, 0.2) is 95.6 Å². The first-order valence-electron chi connectivity index (χ1n) is 11.1. The van der Waals surface area contributed by atoms with Gasteiger partial charge in [-0.25, -0.2) is 4.79 Å². The van der Waals surface area contributed by atoms with Gasteiger partial charge in [0, 0.05) is 11.3 Å². The smallest absolute Gasteiger partial charge is 0.338 e. The van der Waals surface area contributed by atoms with E-state index in [1.54, 1.807) is 48.5 Å². The fraction of sp³-hybridized carbons (Fsp3) is 0.0714. The topological polar surface area (TPSA) is 106 Å². The molecule has 0 saturated heterocycles. The fourth-order valence-corrected chi connectivity index (χ4v) is 3.83. The van der Waals surface area contributed by atoms with Crippen LogP contribution in [-0.4, -0.2) is 28.6 Å². The molecule has 4 aromatic rings. The first-order valence-corrected chi connectivity index (χ1v) is 11.1. The van der Waals surface area contributed by atoms with E-state index in [-0.39, 0.29) is 35.7 Å². The van der Waals surface area contributed by atoms with E-state index in [2.05, 4.69) is 5.32 Å². The lowest BCUT2D eigenvalue weighted by Gasteiger charge is -2.11. The number of furan rings is 1. The highest BCUT2D eigenvalue weighted by Gasteiger charge is 2.36. The Kier molecular flexibility index (Phi) is 6.15. The molecule has 36 heavy (non-hydrogen) atoms. The van der Waals surface area contributed by atoms with Crippen molar-refractivity contribution in [3.63, 3.8) is 0 Å². The average Bonchev–Trinajstić information content (AvgIpc) is 3.51. The van der Waals surface area contributed by atoms with Crippen molar-refractivity contribution in [1.29, 1.82) is 0 Å². The lowest BCUT2D eigenvalue weighted by molar-refractivity contribution is 0.0472. The molecule has 3 aromatic carbocycles. The van der Waals surface area contributed by atoms with E-state index < -0.39 is 17.8 Å². The van der Waals surface area contributed by atoms with Crippen molar-refractivity contribution < 1.29 is 28.3 Å². The summed E-state index contributed by atoms with van der Waals surface area (Å²) in [6.45, 7) is -0.00745. The third-order valence-electron chi connectivity index (χ3n) is 5.72. The molecular formula is C28H20N2O6. The van der Waals surface area contributed by atoms with Gasteiger partial charge in [0.15, 0.2) is 0 Å². The van der Waals surface area contributed by atoms with Crippen LogP contribution in [0, 0.1) is 0 Å². The van der Waals surface area contributed by atoms with Crippen LogP contribution < -0.4 is 5.32 Å². The second kappa shape index (κ2) is 9.71. The zero-order valence-corrected chi connectivity index (χ0v) is 19.0. The number of fused-ring (bicyclic) bond motifs is 1. The van der Waals surface area contributed by atoms with Gasteiger partial charge in [0.25, 0.3) is 17.7 Å². The van der Waals surface area contributed by atoms with E-state index in [9.17, 15) is 19.2 Å². The maximum atomic E-state index is 12.8. The highest BCUT2D eigenvalue weighted by atomic mass is 16.5. The molecule has 0 bridgehead atoms. The molecule has 0 unspecified atom stereocenters. The van der Waals surface area contributed by atoms with Crippen LogP contribution in [0.3, 0.4) is 0 Å². The van der Waals surface area contributed by atoms with Crippen molar-refractivity contribution in [2.75, 3.05) is 5.32 Å².